The number of hydrogen-bond acceptors (Lipinski definition) is 4. The van der Waals surface area contributed by atoms with Gasteiger partial charge in [0.15, 0.2) is 0 Å². The molecule has 0 bridgehead atoms. The summed E-state index contributed by atoms with van der Waals surface area (Å²) in [6.07, 6.45) is 6.09. The highest BCUT2D eigenvalue weighted by Gasteiger charge is 2.09. The Bertz CT molecular complexity index is 174. The maximum Gasteiger partial charge on any atom is 0.331 e. The lowest BCUT2D eigenvalue weighted by Crippen LogP contribution is -2.18. The quantitative estimate of drug-likeness (QED) is 0.477. The van der Waals surface area contributed by atoms with Crippen molar-refractivity contribution in [3.63, 3.8) is 0 Å². The molecule has 0 aromatic carbocycles. The molecule has 0 aliphatic carbocycles. The molecule has 1 N–H and O–H groups in total. The van der Waals surface area contributed by atoms with Crippen LogP contribution in [0.4, 0.5) is 0 Å². The Morgan fingerprint density at radius 2 is 2.06 bits per heavy atom. The van der Waals surface area contributed by atoms with Crippen LogP contribution < -0.4 is 0 Å². The summed E-state index contributed by atoms with van der Waals surface area (Å²) < 4.78 is 4.91. The SMILES string of the molecule is CCCCCCSC(CC)COC(=O)CO. The van der Waals surface area contributed by atoms with Crippen LogP contribution in [0.15, 0.2) is 0 Å². The fraction of sp³-hybridized carbons (Fsp3) is 0.917. The van der Waals surface area contributed by atoms with Crippen molar-refractivity contribution in [3.05, 3.63) is 0 Å². The zero-order valence-electron chi connectivity index (χ0n) is 10.4. The maximum atomic E-state index is 10.8. The average Bonchev–Trinajstić information content (AvgIpc) is 2.32. The number of ether oxygens (including phenoxy) is 1. The molecule has 0 heterocycles. The monoisotopic (exact) mass is 248 g/mol. The van der Waals surface area contributed by atoms with Crippen molar-refractivity contribution >= 4 is 17.7 Å². The number of thioether (sulfide) groups is 1. The Balaban J connectivity index is 3.47. The molecule has 1 atom stereocenters. The van der Waals surface area contributed by atoms with Gasteiger partial charge in [0.1, 0.15) is 13.2 Å². The van der Waals surface area contributed by atoms with E-state index in [1.165, 1.54) is 25.7 Å². The van der Waals surface area contributed by atoms with Crippen LogP contribution >= 0.6 is 11.8 Å². The minimum absolute atomic E-state index is 0.372. The molecule has 16 heavy (non-hydrogen) atoms. The molecule has 0 aliphatic heterocycles. The number of esters is 1. The van der Waals surface area contributed by atoms with Crippen molar-refractivity contribution in [2.24, 2.45) is 0 Å². The average molecular weight is 248 g/mol. The van der Waals surface area contributed by atoms with Gasteiger partial charge in [-0.15, -0.1) is 0 Å². The van der Waals surface area contributed by atoms with E-state index in [1.807, 2.05) is 11.8 Å². The highest BCUT2D eigenvalue weighted by molar-refractivity contribution is 7.99. The molecular weight excluding hydrogens is 224 g/mol. The zero-order valence-corrected chi connectivity index (χ0v) is 11.2. The number of carbonyl (C=O) groups excluding carboxylic acids is 1. The van der Waals surface area contributed by atoms with Crippen molar-refractivity contribution < 1.29 is 14.6 Å². The molecule has 0 saturated heterocycles. The normalized spacial score (nSPS) is 12.4. The van der Waals surface area contributed by atoms with E-state index in [4.69, 9.17) is 9.84 Å². The van der Waals surface area contributed by atoms with Crippen molar-refractivity contribution in [2.45, 2.75) is 51.2 Å². The standard InChI is InChI=1S/C12H24O3S/c1-3-5-6-7-8-16-11(4-2)10-15-12(14)9-13/h11,13H,3-10H2,1-2H3. The number of aliphatic hydroxyl groups is 1. The van der Waals surface area contributed by atoms with E-state index in [2.05, 4.69) is 13.8 Å². The molecule has 0 aromatic rings. The fourth-order valence-electron chi connectivity index (χ4n) is 1.29. The second-order valence-electron chi connectivity index (χ2n) is 3.80. The molecule has 0 amide bonds. The molecule has 0 spiro atoms. The Morgan fingerprint density at radius 1 is 1.31 bits per heavy atom. The van der Waals surface area contributed by atoms with E-state index in [0.717, 1.165) is 12.2 Å². The Hall–Kier alpha value is -0.220. The van der Waals surface area contributed by atoms with Gasteiger partial charge in [-0.05, 0) is 18.6 Å². The molecule has 1 unspecified atom stereocenters. The molecular formula is C12H24O3S. The van der Waals surface area contributed by atoms with Crippen molar-refractivity contribution in [2.75, 3.05) is 19.0 Å². The number of unbranched alkanes of at least 4 members (excludes halogenated alkanes) is 3. The lowest BCUT2D eigenvalue weighted by atomic mass is 10.2. The minimum atomic E-state index is -0.523. The van der Waals surface area contributed by atoms with Gasteiger partial charge in [-0.3, -0.25) is 0 Å². The van der Waals surface area contributed by atoms with Gasteiger partial charge < -0.3 is 9.84 Å². The van der Waals surface area contributed by atoms with E-state index in [-0.39, 0.29) is 0 Å². The number of rotatable bonds is 10. The van der Waals surface area contributed by atoms with Crippen LogP contribution in [-0.2, 0) is 9.53 Å². The Labute approximate surface area is 103 Å². The van der Waals surface area contributed by atoms with Gasteiger partial charge in [0.25, 0.3) is 0 Å². The number of hydrogen-bond donors (Lipinski definition) is 1. The second-order valence-corrected chi connectivity index (χ2v) is 5.21. The highest BCUT2D eigenvalue weighted by atomic mass is 32.2. The number of carbonyl (C=O) groups is 1. The predicted octanol–water partition coefficient (Wildman–Crippen LogP) is 2.61. The topological polar surface area (TPSA) is 46.5 Å². The summed E-state index contributed by atoms with van der Waals surface area (Å²) in [5, 5.41) is 8.88. The Morgan fingerprint density at radius 3 is 2.62 bits per heavy atom. The molecule has 0 aliphatic rings. The zero-order chi connectivity index (χ0) is 12.2. The molecule has 3 nitrogen and oxygen atoms in total. The smallest absolute Gasteiger partial charge is 0.331 e. The molecule has 0 radical (unpaired) electrons. The van der Waals surface area contributed by atoms with Gasteiger partial charge in [0.2, 0.25) is 0 Å². The van der Waals surface area contributed by atoms with E-state index < -0.39 is 12.6 Å². The summed E-state index contributed by atoms with van der Waals surface area (Å²) in [6.45, 7) is 4.21. The molecule has 4 heteroatoms. The van der Waals surface area contributed by atoms with Crippen molar-refractivity contribution in [1.29, 1.82) is 0 Å². The summed E-state index contributed by atoms with van der Waals surface area (Å²) >= 11 is 1.87. The van der Waals surface area contributed by atoms with Gasteiger partial charge in [-0.2, -0.15) is 11.8 Å². The van der Waals surface area contributed by atoms with Crippen molar-refractivity contribution in [3.8, 4) is 0 Å². The first-order chi connectivity index (χ1) is 7.74. The van der Waals surface area contributed by atoms with E-state index in [1.54, 1.807) is 0 Å². The first kappa shape index (κ1) is 15.8. The first-order valence-electron chi connectivity index (χ1n) is 6.12. The van der Waals surface area contributed by atoms with Gasteiger partial charge in [0.05, 0.1) is 0 Å². The Kier molecular flexibility index (Phi) is 11.1. The third kappa shape index (κ3) is 9.04. The summed E-state index contributed by atoms with van der Waals surface area (Å²) in [7, 11) is 0. The first-order valence-corrected chi connectivity index (χ1v) is 7.17. The summed E-state index contributed by atoms with van der Waals surface area (Å²) in [6, 6.07) is 0. The van der Waals surface area contributed by atoms with Crippen LogP contribution in [0.3, 0.4) is 0 Å². The minimum Gasteiger partial charge on any atom is -0.463 e. The van der Waals surface area contributed by atoms with Crippen LogP contribution in [0.5, 0.6) is 0 Å². The lowest BCUT2D eigenvalue weighted by molar-refractivity contribution is -0.146. The third-order valence-electron chi connectivity index (χ3n) is 2.37. The van der Waals surface area contributed by atoms with Gasteiger partial charge in [0, 0.05) is 5.25 Å². The van der Waals surface area contributed by atoms with Crippen LogP contribution in [0, 0.1) is 0 Å². The number of aliphatic hydroxyl groups excluding tert-OH is 1. The predicted molar refractivity (Wildman–Crippen MR) is 68.7 cm³/mol. The van der Waals surface area contributed by atoms with Crippen LogP contribution in [0.1, 0.15) is 46.0 Å². The highest BCUT2D eigenvalue weighted by Crippen LogP contribution is 2.17. The van der Waals surface area contributed by atoms with Gasteiger partial charge in [-0.25, -0.2) is 4.79 Å². The summed E-state index contributed by atoms with van der Waals surface area (Å²) in [5.74, 6) is 0.611. The largest absolute Gasteiger partial charge is 0.463 e. The van der Waals surface area contributed by atoms with Crippen molar-refractivity contribution in [1.82, 2.24) is 0 Å². The van der Waals surface area contributed by atoms with E-state index in [0.29, 0.717) is 11.9 Å². The molecule has 96 valence electrons. The van der Waals surface area contributed by atoms with E-state index >= 15 is 0 Å². The maximum absolute atomic E-state index is 10.8. The second kappa shape index (κ2) is 11.3. The van der Waals surface area contributed by atoms with E-state index in [9.17, 15) is 4.79 Å². The summed E-state index contributed by atoms with van der Waals surface area (Å²) in [5.41, 5.74) is 0. The van der Waals surface area contributed by atoms with Crippen LogP contribution in [-0.4, -0.2) is 35.3 Å². The molecule has 0 aromatic heterocycles. The van der Waals surface area contributed by atoms with Gasteiger partial charge >= 0.3 is 5.97 Å². The summed E-state index contributed by atoms with van der Waals surface area (Å²) in [4.78, 5) is 10.8. The fourth-order valence-corrected chi connectivity index (χ4v) is 2.40. The molecule has 0 saturated carbocycles. The van der Waals surface area contributed by atoms with Crippen LogP contribution in [0.2, 0.25) is 0 Å². The van der Waals surface area contributed by atoms with Gasteiger partial charge in [-0.1, -0.05) is 33.1 Å². The third-order valence-corrected chi connectivity index (χ3v) is 3.83. The molecule has 0 fully saturated rings. The molecule has 0 rings (SSSR count). The van der Waals surface area contributed by atoms with Crippen LogP contribution in [0.25, 0.3) is 0 Å². The lowest BCUT2D eigenvalue weighted by Gasteiger charge is -2.14.